The van der Waals surface area contributed by atoms with Crippen LogP contribution in [0.3, 0.4) is 0 Å². The van der Waals surface area contributed by atoms with Crippen LogP contribution in [0.5, 0.6) is 0 Å². The third-order valence-corrected chi connectivity index (χ3v) is 5.97. The summed E-state index contributed by atoms with van der Waals surface area (Å²) in [7, 11) is -4.84. The Labute approximate surface area is 143 Å². The van der Waals surface area contributed by atoms with Gasteiger partial charge in [0.2, 0.25) is 4.87 Å². The normalized spacial score (nSPS) is 22.4. The Morgan fingerprint density at radius 2 is 1.48 bits per heavy atom. The number of benzene rings is 2. The number of hydrogen-bond acceptors (Lipinski definition) is 5. The average molecular weight is 355 g/mol. The van der Waals surface area contributed by atoms with Crippen LogP contribution in [0.2, 0.25) is 0 Å². The van der Waals surface area contributed by atoms with Gasteiger partial charge >= 0.3 is 0 Å². The fourth-order valence-electron chi connectivity index (χ4n) is 3.42. The minimum absolute atomic E-state index is 0.162. The third kappa shape index (κ3) is 2.09. The van der Waals surface area contributed by atoms with Gasteiger partial charge in [0.1, 0.15) is 5.92 Å². The van der Waals surface area contributed by atoms with Crippen molar-refractivity contribution in [2.24, 2.45) is 5.92 Å². The first kappa shape index (κ1) is 15.7. The molecule has 2 aromatic rings. The fourth-order valence-corrected chi connectivity index (χ4v) is 4.41. The predicted octanol–water partition coefficient (Wildman–Crippen LogP) is 2.40. The number of Topliss-reactive ketones (excluding diaryl/α,β-unsaturated/α-hetero) is 2. The van der Waals surface area contributed by atoms with Gasteiger partial charge in [0, 0.05) is 16.8 Å². The number of hydrogen-bond donors (Lipinski definition) is 2. The Morgan fingerprint density at radius 1 is 0.920 bits per heavy atom. The standard InChI is InChI=1S/C18H13NO5S/c20-16-12-6-2-3-7-13(12)17(21)15(16)18(25(22,23)24)10-9-11-5-1-4-8-14(11)19-18/h1-10,15,19H,(H,22,23,24). The van der Waals surface area contributed by atoms with Crippen LogP contribution in [0.4, 0.5) is 5.69 Å². The lowest BCUT2D eigenvalue weighted by Gasteiger charge is -2.36. The van der Waals surface area contributed by atoms with Crippen molar-refractivity contribution in [1.82, 2.24) is 0 Å². The number of nitrogens with one attached hydrogen (secondary N) is 1. The number of rotatable bonds is 2. The lowest BCUT2D eigenvalue weighted by molar-refractivity contribution is 0.0818. The molecule has 1 aliphatic carbocycles. The Bertz CT molecular complexity index is 1020. The van der Waals surface area contributed by atoms with E-state index in [1.807, 2.05) is 0 Å². The second-order valence-corrected chi connectivity index (χ2v) is 7.65. The number of anilines is 1. The molecule has 7 heteroatoms. The number of carbonyl (C=O) groups excluding carboxylic acids is 2. The van der Waals surface area contributed by atoms with E-state index in [4.69, 9.17) is 0 Å². The van der Waals surface area contributed by atoms with Gasteiger partial charge < -0.3 is 5.32 Å². The summed E-state index contributed by atoms with van der Waals surface area (Å²) < 4.78 is 34.5. The summed E-state index contributed by atoms with van der Waals surface area (Å²) in [4.78, 5) is 23.4. The van der Waals surface area contributed by atoms with Crippen LogP contribution in [-0.4, -0.2) is 29.4 Å². The Balaban J connectivity index is 1.92. The van der Waals surface area contributed by atoms with Crippen molar-refractivity contribution < 1.29 is 22.6 Å². The van der Waals surface area contributed by atoms with Gasteiger partial charge in [-0.1, -0.05) is 48.5 Å². The maximum atomic E-state index is 12.8. The predicted molar refractivity (Wildman–Crippen MR) is 92.0 cm³/mol. The molecule has 0 radical (unpaired) electrons. The second-order valence-electron chi connectivity index (χ2n) is 6.02. The number of ketones is 2. The van der Waals surface area contributed by atoms with Gasteiger partial charge in [-0.2, -0.15) is 8.42 Å². The zero-order chi connectivity index (χ0) is 17.8. The molecule has 0 saturated heterocycles. The summed E-state index contributed by atoms with van der Waals surface area (Å²) >= 11 is 0. The molecule has 6 nitrogen and oxygen atoms in total. The van der Waals surface area contributed by atoms with E-state index in [1.54, 1.807) is 36.4 Å². The van der Waals surface area contributed by atoms with Crippen molar-refractivity contribution in [2.45, 2.75) is 4.87 Å². The SMILES string of the molecule is O=C1c2ccccc2C(=O)C1C1(S(=O)(=O)O)C=Cc2ccccc2N1. The molecule has 4 rings (SSSR count). The molecule has 25 heavy (non-hydrogen) atoms. The summed E-state index contributed by atoms with van der Waals surface area (Å²) in [5.74, 6) is -2.85. The van der Waals surface area contributed by atoms with E-state index in [2.05, 4.69) is 5.32 Å². The molecule has 2 aliphatic rings. The summed E-state index contributed by atoms with van der Waals surface area (Å²) in [5, 5.41) is 2.72. The summed E-state index contributed by atoms with van der Waals surface area (Å²) in [6, 6.07) is 13.0. The Kier molecular flexibility index (Phi) is 3.22. The highest BCUT2D eigenvalue weighted by Gasteiger charge is 2.59. The third-order valence-electron chi connectivity index (χ3n) is 4.64. The molecule has 1 unspecified atom stereocenters. The van der Waals surface area contributed by atoms with Gasteiger partial charge in [0.25, 0.3) is 10.1 Å². The maximum absolute atomic E-state index is 12.8. The minimum atomic E-state index is -4.84. The van der Waals surface area contributed by atoms with Gasteiger partial charge in [0.15, 0.2) is 11.6 Å². The van der Waals surface area contributed by atoms with Crippen molar-refractivity contribution in [3.05, 3.63) is 71.3 Å². The molecule has 0 fully saturated rings. The molecule has 0 saturated carbocycles. The van der Waals surface area contributed by atoms with Crippen LogP contribution < -0.4 is 5.32 Å². The Morgan fingerprint density at radius 3 is 2.08 bits per heavy atom. The van der Waals surface area contributed by atoms with E-state index in [-0.39, 0.29) is 11.1 Å². The fraction of sp³-hybridized carbons (Fsp3) is 0.111. The van der Waals surface area contributed by atoms with Gasteiger partial charge in [-0.3, -0.25) is 14.1 Å². The van der Waals surface area contributed by atoms with Crippen molar-refractivity contribution >= 4 is 33.4 Å². The molecule has 1 aliphatic heterocycles. The van der Waals surface area contributed by atoms with Gasteiger partial charge in [-0.15, -0.1) is 0 Å². The van der Waals surface area contributed by atoms with Crippen molar-refractivity contribution in [2.75, 3.05) is 5.32 Å². The van der Waals surface area contributed by atoms with E-state index in [0.29, 0.717) is 11.3 Å². The van der Waals surface area contributed by atoms with E-state index < -0.39 is 32.5 Å². The molecule has 2 aromatic carbocycles. The highest BCUT2D eigenvalue weighted by atomic mass is 32.2. The molecule has 1 atom stereocenters. The van der Waals surface area contributed by atoms with Crippen LogP contribution in [-0.2, 0) is 10.1 Å². The minimum Gasteiger partial charge on any atom is -0.360 e. The first-order valence-corrected chi connectivity index (χ1v) is 9.00. The lowest BCUT2D eigenvalue weighted by atomic mass is 9.90. The second kappa shape index (κ2) is 5.11. The van der Waals surface area contributed by atoms with Gasteiger partial charge in [-0.25, -0.2) is 0 Å². The zero-order valence-corrected chi connectivity index (χ0v) is 13.7. The molecular weight excluding hydrogens is 342 g/mol. The van der Waals surface area contributed by atoms with E-state index in [9.17, 15) is 22.6 Å². The maximum Gasteiger partial charge on any atom is 0.294 e. The smallest absolute Gasteiger partial charge is 0.294 e. The number of carbonyl (C=O) groups is 2. The molecule has 0 bridgehead atoms. The summed E-state index contributed by atoms with van der Waals surface area (Å²) in [6.07, 6.45) is 2.67. The molecule has 126 valence electrons. The lowest BCUT2D eigenvalue weighted by Crippen LogP contribution is -2.55. The largest absolute Gasteiger partial charge is 0.360 e. The molecule has 0 aromatic heterocycles. The van der Waals surface area contributed by atoms with Crippen LogP contribution in [0.25, 0.3) is 6.08 Å². The van der Waals surface area contributed by atoms with Crippen molar-refractivity contribution in [1.29, 1.82) is 0 Å². The average Bonchev–Trinajstić information content (AvgIpc) is 2.85. The molecule has 2 N–H and O–H groups in total. The van der Waals surface area contributed by atoms with Crippen molar-refractivity contribution in [3.8, 4) is 0 Å². The van der Waals surface area contributed by atoms with Gasteiger partial charge in [-0.05, 0) is 17.7 Å². The Hall–Kier alpha value is -2.77. The number of fused-ring (bicyclic) bond motifs is 2. The number of para-hydroxylation sites is 1. The van der Waals surface area contributed by atoms with Gasteiger partial charge in [0.05, 0.1) is 0 Å². The summed E-state index contributed by atoms with van der Waals surface area (Å²) in [6.45, 7) is 0. The first-order chi connectivity index (χ1) is 11.8. The van der Waals surface area contributed by atoms with Crippen LogP contribution in [0.1, 0.15) is 26.3 Å². The van der Waals surface area contributed by atoms with Crippen molar-refractivity contribution in [3.63, 3.8) is 0 Å². The molecule has 0 spiro atoms. The van der Waals surface area contributed by atoms with E-state index >= 15 is 0 Å². The molecular formula is C18H13NO5S. The van der Waals surface area contributed by atoms with E-state index in [0.717, 1.165) is 0 Å². The highest BCUT2D eigenvalue weighted by Crippen LogP contribution is 2.42. The summed E-state index contributed by atoms with van der Waals surface area (Å²) in [5.41, 5.74) is 1.43. The van der Waals surface area contributed by atoms with Crippen LogP contribution in [0, 0.1) is 5.92 Å². The quantitative estimate of drug-likeness (QED) is 0.634. The zero-order valence-electron chi connectivity index (χ0n) is 12.8. The van der Waals surface area contributed by atoms with Crippen LogP contribution in [0.15, 0.2) is 54.6 Å². The van der Waals surface area contributed by atoms with Crippen LogP contribution >= 0.6 is 0 Å². The molecule has 0 amide bonds. The highest BCUT2D eigenvalue weighted by molar-refractivity contribution is 7.87. The topological polar surface area (TPSA) is 101 Å². The first-order valence-electron chi connectivity index (χ1n) is 7.56. The molecule has 1 heterocycles. The monoisotopic (exact) mass is 355 g/mol. The van der Waals surface area contributed by atoms with E-state index in [1.165, 1.54) is 24.3 Å².